The lowest BCUT2D eigenvalue weighted by molar-refractivity contribution is 0.340. The zero-order valence-electron chi connectivity index (χ0n) is 12.7. The second-order valence-corrected chi connectivity index (χ2v) is 4.83. The maximum atomic E-state index is 5.74. The summed E-state index contributed by atoms with van der Waals surface area (Å²) in [5.41, 5.74) is 6.10. The van der Waals surface area contributed by atoms with Crippen LogP contribution < -0.4 is 20.7 Å². The largest absolute Gasteiger partial charge is 0.496 e. The van der Waals surface area contributed by atoms with Gasteiger partial charge in [-0.05, 0) is 48.7 Å². The van der Waals surface area contributed by atoms with Crippen molar-refractivity contribution >= 4 is 0 Å². The third-order valence-corrected chi connectivity index (χ3v) is 3.46. The highest BCUT2D eigenvalue weighted by atomic mass is 16.5. The van der Waals surface area contributed by atoms with Gasteiger partial charge in [-0.2, -0.15) is 0 Å². The van der Waals surface area contributed by atoms with Gasteiger partial charge in [0.15, 0.2) is 0 Å². The first-order valence-corrected chi connectivity index (χ1v) is 7.03. The van der Waals surface area contributed by atoms with Crippen LogP contribution in [0.25, 0.3) is 0 Å². The number of benzene rings is 2. The standard InChI is InChI=1S/C17H22N2O2/c1-4-21-15-9-7-13(8-10-15)17(19-18)14-6-5-12(2)16(11-14)20-3/h5-11,17,19H,4,18H2,1-3H3. The van der Waals surface area contributed by atoms with Crippen LogP contribution in [0.5, 0.6) is 11.5 Å². The molecule has 4 heteroatoms. The van der Waals surface area contributed by atoms with Crippen LogP contribution in [0.1, 0.15) is 29.7 Å². The van der Waals surface area contributed by atoms with Crippen LogP contribution in [0.3, 0.4) is 0 Å². The molecule has 2 rings (SSSR count). The molecule has 4 nitrogen and oxygen atoms in total. The third kappa shape index (κ3) is 3.54. The number of hydrazine groups is 1. The number of aryl methyl sites for hydroxylation is 1. The lowest BCUT2D eigenvalue weighted by Gasteiger charge is -2.18. The van der Waals surface area contributed by atoms with Crippen molar-refractivity contribution in [1.82, 2.24) is 5.43 Å². The molecule has 0 saturated carbocycles. The lowest BCUT2D eigenvalue weighted by Crippen LogP contribution is -2.28. The predicted octanol–water partition coefficient (Wildman–Crippen LogP) is 2.96. The van der Waals surface area contributed by atoms with Crippen molar-refractivity contribution in [2.45, 2.75) is 19.9 Å². The van der Waals surface area contributed by atoms with Gasteiger partial charge < -0.3 is 9.47 Å². The van der Waals surface area contributed by atoms with E-state index in [0.717, 1.165) is 28.2 Å². The first-order chi connectivity index (χ1) is 10.2. The second kappa shape index (κ2) is 7.11. The normalized spacial score (nSPS) is 12.0. The molecule has 0 amide bonds. The molecule has 0 aliphatic carbocycles. The Morgan fingerprint density at radius 3 is 2.33 bits per heavy atom. The summed E-state index contributed by atoms with van der Waals surface area (Å²) in [4.78, 5) is 0. The molecule has 0 saturated heterocycles. The van der Waals surface area contributed by atoms with Gasteiger partial charge in [0.05, 0.1) is 19.8 Å². The molecule has 2 aromatic rings. The van der Waals surface area contributed by atoms with E-state index in [4.69, 9.17) is 15.3 Å². The molecule has 2 aromatic carbocycles. The minimum absolute atomic E-state index is 0.0878. The van der Waals surface area contributed by atoms with Gasteiger partial charge in [-0.1, -0.05) is 24.3 Å². The molecule has 0 aliphatic heterocycles. The van der Waals surface area contributed by atoms with Crippen molar-refractivity contribution in [3.05, 3.63) is 59.2 Å². The summed E-state index contributed by atoms with van der Waals surface area (Å²) >= 11 is 0. The van der Waals surface area contributed by atoms with Crippen molar-refractivity contribution in [2.24, 2.45) is 5.84 Å². The third-order valence-electron chi connectivity index (χ3n) is 3.46. The smallest absolute Gasteiger partial charge is 0.122 e. The Morgan fingerprint density at radius 1 is 1.10 bits per heavy atom. The molecule has 0 spiro atoms. The summed E-state index contributed by atoms with van der Waals surface area (Å²) in [7, 11) is 1.67. The fraction of sp³-hybridized carbons (Fsp3) is 0.294. The minimum Gasteiger partial charge on any atom is -0.496 e. The van der Waals surface area contributed by atoms with Gasteiger partial charge in [-0.15, -0.1) is 0 Å². The number of ether oxygens (including phenoxy) is 2. The van der Waals surface area contributed by atoms with Crippen LogP contribution in [-0.2, 0) is 0 Å². The summed E-state index contributed by atoms with van der Waals surface area (Å²) in [6.07, 6.45) is 0. The fourth-order valence-electron chi connectivity index (χ4n) is 2.32. The van der Waals surface area contributed by atoms with Crippen LogP contribution in [0.2, 0.25) is 0 Å². The van der Waals surface area contributed by atoms with E-state index in [1.165, 1.54) is 0 Å². The van der Waals surface area contributed by atoms with E-state index in [0.29, 0.717) is 6.61 Å². The van der Waals surface area contributed by atoms with Crippen LogP contribution in [0, 0.1) is 6.92 Å². The Labute approximate surface area is 125 Å². The van der Waals surface area contributed by atoms with Gasteiger partial charge in [0, 0.05) is 0 Å². The van der Waals surface area contributed by atoms with Crippen molar-refractivity contribution < 1.29 is 9.47 Å². The number of rotatable bonds is 6. The molecular weight excluding hydrogens is 264 g/mol. The highest BCUT2D eigenvalue weighted by molar-refractivity contribution is 5.42. The number of nitrogens with one attached hydrogen (secondary N) is 1. The molecule has 1 unspecified atom stereocenters. The van der Waals surface area contributed by atoms with Crippen LogP contribution in [0.4, 0.5) is 0 Å². The summed E-state index contributed by atoms with van der Waals surface area (Å²) in [5, 5.41) is 0. The van der Waals surface area contributed by atoms with Gasteiger partial charge in [-0.3, -0.25) is 5.84 Å². The zero-order valence-corrected chi connectivity index (χ0v) is 12.7. The fourth-order valence-corrected chi connectivity index (χ4v) is 2.32. The van der Waals surface area contributed by atoms with E-state index in [2.05, 4.69) is 11.5 Å². The molecule has 0 bridgehead atoms. The summed E-state index contributed by atoms with van der Waals surface area (Å²) in [5.74, 6) is 7.46. The van der Waals surface area contributed by atoms with Crippen molar-refractivity contribution in [2.75, 3.05) is 13.7 Å². The zero-order chi connectivity index (χ0) is 15.2. The average molecular weight is 286 g/mol. The molecule has 3 N–H and O–H groups in total. The van der Waals surface area contributed by atoms with E-state index >= 15 is 0 Å². The molecule has 0 aliphatic rings. The monoisotopic (exact) mass is 286 g/mol. The molecule has 21 heavy (non-hydrogen) atoms. The second-order valence-electron chi connectivity index (χ2n) is 4.83. The van der Waals surface area contributed by atoms with E-state index in [9.17, 15) is 0 Å². The van der Waals surface area contributed by atoms with Crippen LogP contribution in [0.15, 0.2) is 42.5 Å². The highest BCUT2D eigenvalue weighted by Gasteiger charge is 2.14. The van der Waals surface area contributed by atoms with Crippen molar-refractivity contribution in [1.29, 1.82) is 0 Å². The first kappa shape index (κ1) is 15.4. The highest BCUT2D eigenvalue weighted by Crippen LogP contribution is 2.28. The van der Waals surface area contributed by atoms with Gasteiger partial charge >= 0.3 is 0 Å². The lowest BCUT2D eigenvalue weighted by atomic mass is 9.98. The maximum absolute atomic E-state index is 5.74. The minimum atomic E-state index is -0.0878. The summed E-state index contributed by atoms with van der Waals surface area (Å²) in [6.45, 7) is 4.65. The average Bonchev–Trinajstić information content (AvgIpc) is 2.51. The number of nitrogens with two attached hydrogens (primary N) is 1. The SMILES string of the molecule is CCOc1ccc(C(NN)c2ccc(C)c(OC)c2)cc1. The molecular formula is C17H22N2O2. The number of hydrogen-bond donors (Lipinski definition) is 2. The van der Waals surface area contributed by atoms with E-state index in [1.807, 2.05) is 50.2 Å². The van der Waals surface area contributed by atoms with Crippen molar-refractivity contribution in [3.8, 4) is 11.5 Å². The van der Waals surface area contributed by atoms with Gasteiger partial charge in [0.2, 0.25) is 0 Å². The Morgan fingerprint density at radius 2 is 1.76 bits per heavy atom. The molecule has 112 valence electrons. The quantitative estimate of drug-likeness (QED) is 0.633. The Bertz CT molecular complexity index is 582. The Balaban J connectivity index is 2.30. The Hall–Kier alpha value is -2.04. The molecule has 1 atom stereocenters. The summed E-state index contributed by atoms with van der Waals surface area (Å²) < 4.78 is 10.8. The summed E-state index contributed by atoms with van der Waals surface area (Å²) in [6, 6.07) is 13.9. The van der Waals surface area contributed by atoms with Gasteiger partial charge in [-0.25, -0.2) is 5.43 Å². The van der Waals surface area contributed by atoms with Crippen LogP contribution in [-0.4, -0.2) is 13.7 Å². The van der Waals surface area contributed by atoms with Gasteiger partial charge in [0.1, 0.15) is 11.5 Å². The van der Waals surface area contributed by atoms with Crippen LogP contribution >= 0.6 is 0 Å². The number of hydrogen-bond acceptors (Lipinski definition) is 4. The molecule has 0 heterocycles. The van der Waals surface area contributed by atoms with E-state index in [1.54, 1.807) is 7.11 Å². The van der Waals surface area contributed by atoms with Gasteiger partial charge in [0.25, 0.3) is 0 Å². The Kier molecular flexibility index (Phi) is 5.20. The van der Waals surface area contributed by atoms with Crippen molar-refractivity contribution in [3.63, 3.8) is 0 Å². The maximum Gasteiger partial charge on any atom is 0.122 e. The molecule has 0 radical (unpaired) electrons. The molecule has 0 aromatic heterocycles. The molecule has 0 fully saturated rings. The first-order valence-electron chi connectivity index (χ1n) is 7.03. The predicted molar refractivity (Wildman–Crippen MR) is 84.5 cm³/mol. The van der Waals surface area contributed by atoms with E-state index < -0.39 is 0 Å². The topological polar surface area (TPSA) is 56.5 Å². The van der Waals surface area contributed by atoms with E-state index in [-0.39, 0.29) is 6.04 Å². The number of methoxy groups -OCH3 is 1.